The van der Waals surface area contributed by atoms with Crippen LogP contribution in [-0.2, 0) is 0 Å². The van der Waals surface area contributed by atoms with E-state index < -0.39 is 0 Å². The number of nitrogens with one attached hydrogen (secondary N) is 1. The third-order valence-corrected chi connectivity index (χ3v) is 4.09. The summed E-state index contributed by atoms with van der Waals surface area (Å²) in [4.78, 5) is 8.95. The second kappa shape index (κ2) is 9.30. The maximum atomic E-state index is 6.26. The van der Waals surface area contributed by atoms with Gasteiger partial charge in [-0.2, -0.15) is 0 Å². The monoisotopic (exact) mass is 333 g/mol. The lowest BCUT2D eigenvalue weighted by atomic mass is 10.3. The predicted octanol–water partition coefficient (Wildman–Crippen LogP) is 3.23. The molecule has 0 unspecified atom stereocenters. The average Bonchev–Trinajstić information content (AvgIpc) is 2.49. The fourth-order valence-electron chi connectivity index (χ4n) is 2.22. The van der Waals surface area contributed by atoms with Crippen LogP contribution in [0.2, 0.25) is 10.0 Å². The fraction of sp³-hybridized carbons (Fsp3) is 0.643. The van der Waals surface area contributed by atoms with Crippen LogP contribution in [0.15, 0.2) is 6.07 Å². The molecule has 1 rings (SSSR count). The quantitative estimate of drug-likeness (QED) is 0.536. The van der Waals surface area contributed by atoms with Gasteiger partial charge in [0.2, 0.25) is 0 Å². The first-order valence-electron chi connectivity index (χ1n) is 7.37. The Morgan fingerprint density at radius 1 is 1.10 bits per heavy atom. The van der Waals surface area contributed by atoms with Gasteiger partial charge in [-0.05, 0) is 39.0 Å². The summed E-state index contributed by atoms with van der Waals surface area (Å²) in [5.41, 5.74) is 2.50. The van der Waals surface area contributed by atoms with Crippen LogP contribution in [0.25, 0.3) is 0 Å². The van der Waals surface area contributed by atoms with Crippen molar-refractivity contribution in [1.82, 2.24) is 9.88 Å². The van der Waals surface area contributed by atoms with Crippen molar-refractivity contribution in [2.45, 2.75) is 27.2 Å². The van der Waals surface area contributed by atoms with E-state index in [1.54, 1.807) is 6.07 Å². The minimum Gasteiger partial charge on any atom is -0.356 e. The highest BCUT2D eigenvalue weighted by molar-refractivity contribution is 6.37. The molecule has 3 N–H and O–H groups in total. The van der Waals surface area contributed by atoms with Gasteiger partial charge in [-0.3, -0.25) is 0 Å². The van der Waals surface area contributed by atoms with Gasteiger partial charge in [-0.15, -0.1) is 0 Å². The zero-order valence-corrected chi connectivity index (χ0v) is 14.5. The highest BCUT2D eigenvalue weighted by Crippen LogP contribution is 2.31. The van der Waals surface area contributed by atoms with E-state index in [2.05, 4.69) is 41.0 Å². The standard InChI is InChI=1S/C14H25Cl2N5/c1-4-20(5-2)8-7-9-21(6-3)14-12(16)10-11(15)13(18-14)19-17/h10H,4-9,17H2,1-3H3,(H,18,19). The molecule has 0 amide bonds. The fourth-order valence-corrected chi connectivity index (χ4v) is 2.75. The van der Waals surface area contributed by atoms with Crippen LogP contribution in [0, 0.1) is 0 Å². The van der Waals surface area contributed by atoms with Gasteiger partial charge < -0.3 is 15.2 Å². The van der Waals surface area contributed by atoms with Gasteiger partial charge in [-0.25, -0.2) is 10.8 Å². The van der Waals surface area contributed by atoms with Gasteiger partial charge >= 0.3 is 0 Å². The molecular formula is C14H25Cl2N5. The van der Waals surface area contributed by atoms with Crippen molar-refractivity contribution in [2.75, 3.05) is 43.0 Å². The molecule has 0 saturated heterocycles. The number of pyridine rings is 1. The lowest BCUT2D eigenvalue weighted by Crippen LogP contribution is -2.30. The molecule has 7 heteroatoms. The molecule has 0 aliphatic rings. The van der Waals surface area contributed by atoms with Gasteiger partial charge in [0.05, 0.1) is 10.0 Å². The highest BCUT2D eigenvalue weighted by Gasteiger charge is 2.14. The summed E-state index contributed by atoms with van der Waals surface area (Å²) < 4.78 is 0. The molecule has 0 spiro atoms. The Labute approximate surface area is 137 Å². The first-order valence-corrected chi connectivity index (χ1v) is 8.12. The molecule has 0 aromatic carbocycles. The van der Waals surface area contributed by atoms with Crippen molar-refractivity contribution < 1.29 is 0 Å². The van der Waals surface area contributed by atoms with E-state index in [1.165, 1.54) is 0 Å². The summed E-state index contributed by atoms with van der Waals surface area (Å²) in [5.74, 6) is 6.58. The largest absolute Gasteiger partial charge is 0.356 e. The van der Waals surface area contributed by atoms with Crippen molar-refractivity contribution in [2.24, 2.45) is 5.84 Å². The summed E-state index contributed by atoms with van der Waals surface area (Å²) in [6, 6.07) is 1.67. The lowest BCUT2D eigenvalue weighted by Gasteiger charge is -2.25. The number of nitrogen functional groups attached to an aromatic ring is 1. The van der Waals surface area contributed by atoms with Crippen molar-refractivity contribution in [3.8, 4) is 0 Å². The Morgan fingerprint density at radius 3 is 2.29 bits per heavy atom. The molecule has 0 atom stereocenters. The second-order valence-electron chi connectivity index (χ2n) is 4.73. The van der Waals surface area contributed by atoms with E-state index in [9.17, 15) is 0 Å². The Morgan fingerprint density at radius 2 is 1.76 bits per heavy atom. The molecule has 0 fully saturated rings. The smallest absolute Gasteiger partial charge is 0.161 e. The summed E-state index contributed by atoms with van der Waals surface area (Å²) in [5, 5.41) is 0.967. The number of nitrogens with two attached hydrogens (primary N) is 1. The Balaban J connectivity index is 2.76. The zero-order chi connectivity index (χ0) is 15.8. The molecule has 1 aromatic heterocycles. The molecule has 120 valence electrons. The molecule has 0 saturated carbocycles. The minimum atomic E-state index is 0.422. The van der Waals surface area contributed by atoms with Gasteiger partial charge in [0.15, 0.2) is 5.82 Å². The van der Waals surface area contributed by atoms with Crippen LogP contribution < -0.4 is 16.2 Å². The summed E-state index contributed by atoms with van der Waals surface area (Å²) in [6.07, 6.45) is 1.06. The number of aromatic nitrogens is 1. The van der Waals surface area contributed by atoms with Gasteiger partial charge in [0, 0.05) is 13.1 Å². The van der Waals surface area contributed by atoms with E-state index >= 15 is 0 Å². The molecular weight excluding hydrogens is 309 g/mol. The van der Waals surface area contributed by atoms with Gasteiger partial charge in [0.1, 0.15) is 5.82 Å². The highest BCUT2D eigenvalue weighted by atomic mass is 35.5. The van der Waals surface area contributed by atoms with E-state index in [0.717, 1.165) is 45.0 Å². The first-order chi connectivity index (χ1) is 10.1. The Hall–Kier alpha value is -0.750. The van der Waals surface area contributed by atoms with Crippen LogP contribution >= 0.6 is 23.2 Å². The molecule has 1 heterocycles. The number of anilines is 2. The third-order valence-electron chi connectivity index (χ3n) is 3.53. The van der Waals surface area contributed by atoms with Gasteiger partial charge in [-0.1, -0.05) is 37.0 Å². The van der Waals surface area contributed by atoms with Crippen molar-refractivity contribution >= 4 is 34.8 Å². The lowest BCUT2D eigenvalue weighted by molar-refractivity contribution is 0.300. The predicted molar refractivity (Wildman–Crippen MR) is 92.4 cm³/mol. The first kappa shape index (κ1) is 18.3. The number of hydrogen-bond donors (Lipinski definition) is 2. The SMILES string of the molecule is CCN(CC)CCCN(CC)c1nc(NN)c(Cl)cc1Cl. The number of rotatable bonds is 9. The van der Waals surface area contributed by atoms with Crippen molar-refractivity contribution in [1.29, 1.82) is 0 Å². The Bertz CT molecular complexity index is 438. The molecule has 21 heavy (non-hydrogen) atoms. The molecule has 0 bridgehead atoms. The van der Waals surface area contributed by atoms with E-state index in [-0.39, 0.29) is 0 Å². The van der Waals surface area contributed by atoms with Crippen LogP contribution in [0.4, 0.5) is 11.6 Å². The molecule has 0 radical (unpaired) electrons. The zero-order valence-electron chi connectivity index (χ0n) is 13.0. The number of nitrogens with zero attached hydrogens (tertiary/aromatic N) is 3. The number of hydrazine groups is 1. The number of hydrogen-bond acceptors (Lipinski definition) is 5. The van der Waals surface area contributed by atoms with E-state index in [0.29, 0.717) is 15.9 Å². The number of halogens is 2. The topological polar surface area (TPSA) is 57.4 Å². The second-order valence-corrected chi connectivity index (χ2v) is 5.54. The van der Waals surface area contributed by atoms with Crippen LogP contribution in [-0.4, -0.2) is 42.6 Å². The maximum absolute atomic E-state index is 6.26. The Kier molecular flexibility index (Phi) is 8.11. The summed E-state index contributed by atoms with van der Waals surface area (Å²) >= 11 is 12.3. The maximum Gasteiger partial charge on any atom is 0.161 e. The van der Waals surface area contributed by atoms with Crippen LogP contribution in [0.3, 0.4) is 0 Å². The van der Waals surface area contributed by atoms with Crippen molar-refractivity contribution in [3.05, 3.63) is 16.1 Å². The summed E-state index contributed by atoms with van der Waals surface area (Å²) in [7, 11) is 0. The van der Waals surface area contributed by atoms with Crippen molar-refractivity contribution in [3.63, 3.8) is 0 Å². The summed E-state index contributed by atoms with van der Waals surface area (Å²) in [6.45, 7) is 11.4. The minimum absolute atomic E-state index is 0.422. The molecule has 0 aliphatic heterocycles. The van der Waals surface area contributed by atoms with E-state index in [4.69, 9.17) is 29.0 Å². The average molecular weight is 334 g/mol. The third kappa shape index (κ3) is 5.18. The van der Waals surface area contributed by atoms with Crippen LogP contribution in [0.5, 0.6) is 0 Å². The normalized spacial score (nSPS) is 11.0. The van der Waals surface area contributed by atoms with E-state index in [1.807, 2.05) is 0 Å². The molecule has 5 nitrogen and oxygen atoms in total. The van der Waals surface area contributed by atoms with Crippen LogP contribution in [0.1, 0.15) is 27.2 Å². The molecule has 0 aliphatic carbocycles. The van der Waals surface area contributed by atoms with Gasteiger partial charge in [0.25, 0.3) is 0 Å². The molecule has 1 aromatic rings.